The van der Waals surface area contributed by atoms with Crippen LogP contribution in [-0.4, -0.2) is 29.6 Å². The number of likely N-dealkylation sites (tertiary alicyclic amines) is 1. The molecule has 1 saturated heterocycles. The summed E-state index contributed by atoms with van der Waals surface area (Å²) < 4.78 is 5.76. The fourth-order valence-corrected chi connectivity index (χ4v) is 3.40. The molecule has 0 amide bonds. The lowest BCUT2D eigenvalue weighted by Gasteiger charge is -2.32. The number of nitrogens with zero attached hydrogens (tertiary/aromatic N) is 3. The molecule has 1 aromatic carbocycles. The Morgan fingerprint density at radius 3 is 3.23 bits per heavy atom. The van der Waals surface area contributed by atoms with E-state index in [0.29, 0.717) is 5.92 Å². The van der Waals surface area contributed by atoms with Gasteiger partial charge in [-0.15, -0.1) is 0 Å². The van der Waals surface area contributed by atoms with Crippen LogP contribution < -0.4 is 4.74 Å². The van der Waals surface area contributed by atoms with E-state index in [-0.39, 0.29) is 0 Å². The summed E-state index contributed by atoms with van der Waals surface area (Å²) in [5.74, 6) is 0.553. The van der Waals surface area contributed by atoms with Crippen LogP contribution in [0.25, 0.3) is 0 Å². The summed E-state index contributed by atoms with van der Waals surface area (Å²) in [6.07, 6.45) is 4.18. The molecule has 2 aromatic rings. The van der Waals surface area contributed by atoms with Gasteiger partial charge in [0.25, 0.3) is 5.19 Å². The Bertz CT molecular complexity index is 636. The predicted octanol–water partition coefficient (Wildman–Crippen LogP) is 3.31. The minimum atomic E-state index is 0.553. The molecule has 1 unspecified atom stereocenters. The third-order valence-electron chi connectivity index (χ3n) is 3.92. The molecular formula is C17H19N3OS. The van der Waals surface area contributed by atoms with Gasteiger partial charge in [0, 0.05) is 30.6 Å². The molecule has 5 heteroatoms. The lowest BCUT2D eigenvalue weighted by Crippen LogP contribution is -2.37. The Balaban J connectivity index is 1.52. The Morgan fingerprint density at radius 1 is 1.45 bits per heavy atom. The van der Waals surface area contributed by atoms with Crippen molar-refractivity contribution in [1.29, 1.82) is 5.26 Å². The van der Waals surface area contributed by atoms with E-state index in [0.717, 1.165) is 37.0 Å². The second-order valence-electron chi connectivity index (χ2n) is 5.66. The van der Waals surface area contributed by atoms with Gasteiger partial charge >= 0.3 is 0 Å². The van der Waals surface area contributed by atoms with Gasteiger partial charge in [-0.2, -0.15) is 5.26 Å². The van der Waals surface area contributed by atoms with E-state index in [1.165, 1.54) is 18.4 Å². The lowest BCUT2D eigenvalue weighted by molar-refractivity contribution is 0.125. The van der Waals surface area contributed by atoms with Gasteiger partial charge in [-0.25, -0.2) is 4.98 Å². The molecule has 3 rings (SSSR count). The van der Waals surface area contributed by atoms with Gasteiger partial charge in [0.05, 0.1) is 18.2 Å². The van der Waals surface area contributed by atoms with Crippen LogP contribution in [0.5, 0.6) is 5.19 Å². The summed E-state index contributed by atoms with van der Waals surface area (Å²) in [6, 6.07) is 10.1. The topological polar surface area (TPSA) is 49.2 Å². The van der Waals surface area contributed by atoms with Crippen molar-refractivity contribution in [3.63, 3.8) is 0 Å². The molecule has 0 N–H and O–H groups in total. The first-order valence-electron chi connectivity index (χ1n) is 7.57. The predicted molar refractivity (Wildman–Crippen MR) is 86.8 cm³/mol. The van der Waals surface area contributed by atoms with Gasteiger partial charge in [0.15, 0.2) is 0 Å². The van der Waals surface area contributed by atoms with Crippen molar-refractivity contribution in [2.45, 2.75) is 19.4 Å². The van der Waals surface area contributed by atoms with Crippen molar-refractivity contribution < 1.29 is 4.74 Å². The van der Waals surface area contributed by atoms with Gasteiger partial charge < -0.3 is 4.74 Å². The number of benzene rings is 1. The number of hydrogen-bond acceptors (Lipinski definition) is 5. The van der Waals surface area contributed by atoms with Crippen LogP contribution >= 0.6 is 11.3 Å². The summed E-state index contributed by atoms with van der Waals surface area (Å²) >= 11 is 1.54. The smallest absolute Gasteiger partial charge is 0.273 e. The zero-order valence-corrected chi connectivity index (χ0v) is 13.3. The molecule has 1 atom stereocenters. The van der Waals surface area contributed by atoms with Crippen molar-refractivity contribution in [2.24, 2.45) is 5.92 Å². The number of piperidine rings is 1. The standard InChI is InChI=1S/C17H19N3OS/c18-10-14-3-1-4-15(9-14)11-20-7-2-5-16(12-20)13-21-17-19-6-8-22-17/h1,3-4,6,8-9,16H,2,5,7,11-13H2. The number of thiazole rings is 1. The molecule has 1 aromatic heterocycles. The van der Waals surface area contributed by atoms with Crippen LogP contribution in [0.2, 0.25) is 0 Å². The molecule has 0 spiro atoms. The van der Waals surface area contributed by atoms with Gasteiger partial charge in [0.1, 0.15) is 0 Å². The van der Waals surface area contributed by atoms with Crippen molar-refractivity contribution >= 4 is 11.3 Å². The van der Waals surface area contributed by atoms with Crippen LogP contribution in [0.1, 0.15) is 24.0 Å². The highest BCUT2D eigenvalue weighted by Crippen LogP contribution is 2.21. The first-order valence-corrected chi connectivity index (χ1v) is 8.45. The average Bonchev–Trinajstić information content (AvgIpc) is 3.07. The van der Waals surface area contributed by atoms with Gasteiger partial charge in [0.2, 0.25) is 0 Å². The fourth-order valence-electron chi connectivity index (χ4n) is 2.90. The van der Waals surface area contributed by atoms with Crippen LogP contribution in [0.15, 0.2) is 35.8 Å². The Morgan fingerprint density at radius 2 is 2.41 bits per heavy atom. The minimum absolute atomic E-state index is 0.553. The van der Waals surface area contributed by atoms with Gasteiger partial charge in [-0.3, -0.25) is 4.90 Å². The van der Waals surface area contributed by atoms with E-state index in [9.17, 15) is 0 Å². The Kier molecular flexibility index (Phi) is 5.04. The highest BCUT2D eigenvalue weighted by molar-refractivity contribution is 7.11. The van der Waals surface area contributed by atoms with E-state index < -0.39 is 0 Å². The summed E-state index contributed by atoms with van der Waals surface area (Å²) in [6.45, 7) is 3.80. The molecular weight excluding hydrogens is 294 g/mol. The largest absolute Gasteiger partial charge is 0.470 e. The van der Waals surface area contributed by atoms with E-state index in [1.54, 1.807) is 17.5 Å². The highest BCUT2D eigenvalue weighted by Gasteiger charge is 2.21. The Labute approximate surface area is 135 Å². The molecule has 4 nitrogen and oxygen atoms in total. The molecule has 0 aliphatic carbocycles. The van der Waals surface area contributed by atoms with E-state index >= 15 is 0 Å². The van der Waals surface area contributed by atoms with Crippen LogP contribution in [0.3, 0.4) is 0 Å². The highest BCUT2D eigenvalue weighted by atomic mass is 32.1. The monoisotopic (exact) mass is 313 g/mol. The summed E-state index contributed by atoms with van der Waals surface area (Å²) in [7, 11) is 0. The molecule has 22 heavy (non-hydrogen) atoms. The molecule has 0 bridgehead atoms. The molecule has 1 fully saturated rings. The van der Waals surface area contributed by atoms with Crippen molar-refractivity contribution in [2.75, 3.05) is 19.7 Å². The molecule has 1 aliphatic heterocycles. The van der Waals surface area contributed by atoms with E-state index in [2.05, 4.69) is 22.0 Å². The number of nitriles is 1. The number of aromatic nitrogens is 1. The molecule has 0 saturated carbocycles. The fraction of sp³-hybridized carbons (Fsp3) is 0.412. The van der Waals surface area contributed by atoms with Crippen molar-refractivity contribution in [3.8, 4) is 11.3 Å². The van der Waals surface area contributed by atoms with Gasteiger partial charge in [-0.05, 0) is 37.1 Å². The maximum absolute atomic E-state index is 8.99. The summed E-state index contributed by atoms with van der Waals surface area (Å²) in [4.78, 5) is 6.61. The molecule has 0 radical (unpaired) electrons. The maximum Gasteiger partial charge on any atom is 0.273 e. The van der Waals surface area contributed by atoms with Crippen molar-refractivity contribution in [3.05, 3.63) is 47.0 Å². The summed E-state index contributed by atoms with van der Waals surface area (Å²) in [5.41, 5.74) is 1.94. The lowest BCUT2D eigenvalue weighted by atomic mass is 9.98. The minimum Gasteiger partial charge on any atom is -0.470 e. The quantitative estimate of drug-likeness (QED) is 0.850. The first kappa shape index (κ1) is 15.0. The van der Waals surface area contributed by atoms with Crippen LogP contribution in [0, 0.1) is 17.2 Å². The van der Waals surface area contributed by atoms with E-state index in [4.69, 9.17) is 10.00 Å². The second kappa shape index (κ2) is 7.39. The third-order valence-corrected chi connectivity index (χ3v) is 4.60. The number of ether oxygens (including phenoxy) is 1. The van der Waals surface area contributed by atoms with Gasteiger partial charge in [-0.1, -0.05) is 23.5 Å². The van der Waals surface area contributed by atoms with E-state index in [1.807, 2.05) is 23.6 Å². The van der Waals surface area contributed by atoms with Crippen LogP contribution in [-0.2, 0) is 6.54 Å². The third kappa shape index (κ3) is 4.06. The normalized spacial score (nSPS) is 18.8. The maximum atomic E-state index is 8.99. The SMILES string of the molecule is N#Cc1cccc(CN2CCCC(COc3nccs3)C2)c1. The van der Waals surface area contributed by atoms with Crippen molar-refractivity contribution in [1.82, 2.24) is 9.88 Å². The van der Waals surface area contributed by atoms with Crippen LogP contribution in [0.4, 0.5) is 0 Å². The number of hydrogen-bond donors (Lipinski definition) is 0. The molecule has 1 aliphatic rings. The average molecular weight is 313 g/mol. The number of rotatable bonds is 5. The molecule has 114 valence electrons. The second-order valence-corrected chi connectivity index (χ2v) is 6.52. The zero-order chi connectivity index (χ0) is 15.2. The first-order chi connectivity index (χ1) is 10.8. The molecule has 2 heterocycles. The zero-order valence-electron chi connectivity index (χ0n) is 12.4. The Hall–Kier alpha value is -1.90. The summed E-state index contributed by atoms with van der Waals surface area (Å²) in [5, 5.41) is 11.7.